The number of aromatic nitrogens is 3. The Hall–Kier alpha value is -3.26. The van der Waals surface area contributed by atoms with E-state index in [0.717, 1.165) is 37.3 Å². The smallest absolute Gasteiger partial charge is 0.298 e. The number of piperazine rings is 1. The summed E-state index contributed by atoms with van der Waals surface area (Å²) in [4.78, 5) is 13.5. The summed E-state index contributed by atoms with van der Waals surface area (Å²) in [5, 5.41) is 4.00. The summed E-state index contributed by atoms with van der Waals surface area (Å²) in [6, 6.07) is 11.6. The molecular formula is C22H22FN5O2. The van der Waals surface area contributed by atoms with Crippen LogP contribution < -0.4 is 4.90 Å². The van der Waals surface area contributed by atoms with Crippen LogP contribution in [0.15, 0.2) is 45.3 Å². The number of benzene rings is 2. The fourth-order valence-corrected chi connectivity index (χ4v) is 3.62. The number of fused-ring (bicyclic) bond motifs is 1. The molecule has 2 aromatic carbocycles. The third-order valence-corrected chi connectivity index (χ3v) is 5.43. The van der Waals surface area contributed by atoms with Crippen LogP contribution in [0.3, 0.4) is 0 Å². The molecule has 154 valence electrons. The molecule has 4 aromatic rings. The van der Waals surface area contributed by atoms with E-state index >= 15 is 0 Å². The van der Waals surface area contributed by atoms with Gasteiger partial charge in [-0.15, -0.1) is 0 Å². The predicted molar refractivity (Wildman–Crippen MR) is 111 cm³/mol. The minimum Gasteiger partial charge on any atom is -0.423 e. The van der Waals surface area contributed by atoms with Crippen LogP contribution >= 0.6 is 0 Å². The highest BCUT2D eigenvalue weighted by molar-refractivity contribution is 5.75. The molecule has 8 heteroatoms. The monoisotopic (exact) mass is 407 g/mol. The van der Waals surface area contributed by atoms with Crippen molar-refractivity contribution < 1.29 is 13.3 Å². The van der Waals surface area contributed by atoms with E-state index in [1.807, 2.05) is 25.1 Å². The molecule has 0 amide bonds. The van der Waals surface area contributed by atoms with Crippen LogP contribution in [0.5, 0.6) is 0 Å². The average molecular weight is 407 g/mol. The number of nitrogens with zero attached hydrogens (tertiary/aromatic N) is 5. The molecule has 0 spiro atoms. The lowest BCUT2D eigenvalue weighted by Crippen LogP contribution is -2.46. The second-order valence-electron chi connectivity index (χ2n) is 7.71. The molecular weight excluding hydrogens is 385 g/mol. The first-order valence-electron chi connectivity index (χ1n) is 9.99. The standard InChI is InChI=1S/C22H22FN5O2/c1-14-3-6-19-18(11-14)24-22(29-19)28-9-7-27(8-10-28)13-20-25-21(26-30-20)16-5-4-15(2)17(23)12-16/h3-6,11-12H,7-10,13H2,1-2H3. The molecule has 1 aliphatic rings. The average Bonchev–Trinajstić information content (AvgIpc) is 3.37. The van der Waals surface area contributed by atoms with Crippen LogP contribution in [0.25, 0.3) is 22.5 Å². The third kappa shape index (κ3) is 3.66. The first-order chi connectivity index (χ1) is 14.5. The molecule has 0 unspecified atom stereocenters. The quantitative estimate of drug-likeness (QED) is 0.507. The fraction of sp³-hybridized carbons (Fsp3) is 0.318. The number of rotatable bonds is 4. The molecule has 1 fully saturated rings. The van der Waals surface area contributed by atoms with E-state index in [1.54, 1.807) is 19.1 Å². The van der Waals surface area contributed by atoms with Crippen molar-refractivity contribution in [2.45, 2.75) is 20.4 Å². The number of anilines is 1. The van der Waals surface area contributed by atoms with Crippen LogP contribution in [0.1, 0.15) is 17.0 Å². The molecule has 1 saturated heterocycles. The second-order valence-corrected chi connectivity index (χ2v) is 7.71. The van der Waals surface area contributed by atoms with E-state index in [-0.39, 0.29) is 5.82 Å². The first kappa shape index (κ1) is 18.7. The fourth-order valence-electron chi connectivity index (χ4n) is 3.62. The largest absolute Gasteiger partial charge is 0.423 e. The predicted octanol–water partition coefficient (Wildman–Crippen LogP) is 3.96. The summed E-state index contributed by atoms with van der Waals surface area (Å²) in [6.07, 6.45) is 0. The second kappa shape index (κ2) is 7.53. The lowest BCUT2D eigenvalue weighted by Gasteiger charge is -2.32. The van der Waals surface area contributed by atoms with Crippen molar-refractivity contribution in [2.24, 2.45) is 0 Å². The molecule has 5 rings (SSSR count). The molecule has 30 heavy (non-hydrogen) atoms. The van der Waals surface area contributed by atoms with E-state index in [1.165, 1.54) is 11.6 Å². The van der Waals surface area contributed by atoms with Gasteiger partial charge in [0.2, 0.25) is 11.7 Å². The number of oxazole rings is 1. The van der Waals surface area contributed by atoms with Crippen LogP contribution in [-0.2, 0) is 6.54 Å². The highest BCUT2D eigenvalue weighted by atomic mass is 19.1. The molecule has 0 bridgehead atoms. The lowest BCUT2D eigenvalue weighted by atomic mass is 10.1. The molecule has 1 aliphatic heterocycles. The molecule has 0 N–H and O–H groups in total. The van der Waals surface area contributed by atoms with Crippen molar-refractivity contribution in [2.75, 3.05) is 31.1 Å². The molecule has 0 aliphatic carbocycles. The van der Waals surface area contributed by atoms with Gasteiger partial charge in [-0.25, -0.2) is 4.39 Å². The third-order valence-electron chi connectivity index (χ3n) is 5.43. The van der Waals surface area contributed by atoms with Gasteiger partial charge in [-0.05, 0) is 43.2 Å². The Morgan fingerprint density at radius 2 is 1.83 bits per heavy atom. The maximum absolute atomic E-state index is 13.8. The van der Waals surface area contributed by atoms with Gasteiger partial charge < -0.3 is 13.8 Å². The van der Waals surface area contributed by atoms with Crippen LogP contribution in [-0.4, -0.2) is 46.2 Å². The summed E-state index contributed by atoms with van der Waals surface area (Å²) in [5.74, 6) is 0.658. The SMILES string of the molecule is Cc1ccc2oc(N3CCN(Cc4nc(-c5ccc(C)c(F)c5)no4)CC3)nc2c1. The molecule has 0 radical (unpaired) electrons. The lowest BCUT2D eigenvalue weighted by molar-refractivity contribution is 0.213. The maximum atomic E-state index is 13.8. The van der Waals surface area contributed by atoms with Crippen LogP contribution in [0, 0.1) is 19.7 Å². The van der Waals surface area contributed by atoms with E-state index in [9.17, 15) is 4.39 Å². The molecule has 0 atom stereocenters. The van der Waals surface area contributed by atoms with E-state index in [2.05, 4.69) is 24.9 Å². The summed E-state index contributed by atoms with van der Waals surface area (Å²) in [5.41, 5.74) is 4.07. The highest BCUT2D eigenvalue weighted by Crippen LogP contribution is 2.24. The molecule has 7 nitrogen and oxygen atoms in total. The van der Waals surface area contributed by atoms with Crippen molar-refractivity contribution in [1.82, 2.24) is 20.0 Å². The van der Waals surface area contributed by atoms with Gasteiger partial charge in [-0.1, -0.05) is 23.4 Å². The Bertz CT molecular complexity index is 1190. The van der Waals surface area contributed by atoms with Gasteiger partial charge in [0.15, 0.2) is 5.58 Å². The molecule has 3 heterocycles. The summed E-state index contributed by atoms with van der Waals surface area (Å²) < 4.78 is 25.1. The normalized spacial score (nSPS) is 15.2. The number of hydrogen-bond donors (Lipinski definition) is 0. The Morgan fingerprint density at radius 3 is 2.63 bits per heavy atom. The molecule has 0 saturated carbocycles. The summed E-state index contributed by atoms with van der Waals surface area (Å²) in [6.45, 7) is 7.59. The minimum absolute atomic E-state index is 0.274. The van der Waals surface area contributed by atoms with E-state index in [4.69, 9.17) is 8.94 Å². The number of aryl methyl sites for hydroxylation is 2. The van der Waals surface area contributed by atoms with Gasteiger partial charge in [-0.3, -0.25) is 4.90 Å². The van der Waals surface area contributed by atoms with E-state index < -0.39 is 0 Å². The van der Waals surface area contributed by atoms with Crippen molar-refractivity contribution in [3.8, 4) is 11.4 Å². The van der Waals surface area contributed by atoms with Gasteiger partial charge in [-0.2, -0.15) is 9.97 Å². The zero-order chi connectivity index (χ0) is 20.7. The van der Waals surface area contributed by atoms with Gasteiger partial charge in [0.25, 0.3) is 6.01 Å². The Morgan fingerprint density at radius 1 is 1.00 bits per heavy atom. The van der Waals surface area contributed by atoms with Crippen molar-refractivity contribution in [3.05, 3.63) is 59.2 Å². The topological polar surface area (TPSA) is 71.4 Å². The first-order valence-corrected chi connectivity index (χ1v) is 9.99. The Kier molecular flexibility index (Phi) is 4.71. The van der Waals surface area contributed by atoms with Gasteiger partial charge in [0, 0.05) is 31.7 Å². The highest BCUT2D eigenvalue weighted by Gasteiger charge is 2.23. The molecule has 2 aromatic heterocycles. The number of halogens is 1. The van der Waals surface area contributed by atoms with Crippen LogP contribution in [0.4, 0.5) is 10.4 Å². The summed E-state index contributed by atoms with van der Waals surface area (Å²) in [7, 11) is 0. The summed E-state index contributed by atoms with van der Waals surface area (Å²) >= 11 is 0. The van der Waals surface area contributed by atoms with Crippen molar-refractivity contribution >= 4 is 17.1 Å². The van der Waals surface area contributed by atoms with Gasteiger partial charge >= 0.3 is 0 Å². The van der Waals surface area contributed by atoms with Gasteiger partial charge in [0.05, 0.1) is 6.54 Å². The Balaban J connectivity index is 1.22. The minimum atomic E-state index is -0.274. The zero-order valence-electron chi connectivity index (χ0n) is 16.9. The maximum Gasteiger partial charge on any atom is 0.298 e. The van der Waals surface area contributed by atoms with Gasteiger partial charge in [0.1, 0.15) is 11.3 Å². The zero-order valence-corrected chi connectivity index (χ0v) is 16.9. The van der Waals surface area contributed by atoms with Crippen LogP contribution in [0.2, 0.25) is 0 Å². The van der Waals surface area contributed by atoms with Crippen molar-refractivity contribution in [1.29, 1.82) is 0 Å². The van der Waals surface area contributed by atoms with Crippen molar-refractivity contribution in [3.63, 3.8) is 0 Å². The van der Waals surface area contributed by atoms with E-state index in [0.29, 0.717) is 35.4 Å². The Labute approximate surface area is 173 Å². The number of hydrogen-bond acceptors (Lipinski definition) is 7.